The molecule has 18 heavy (non-hydrogen) atoms. The first-order valence-corrected chi connectivity index (χ1v) is 6.61. The van der Waals surface area contributed by atoms with Crippen LogP contribution >= 0.6 is 0 Å². The van der Waals surface area contributed by atoms with Crippen LogP contribution in [0.4, 0.5) is 8.78 Å². The van der Waals surface area contributed by atoms with Crippen LogP contribution in [0.3, 0.4) is 0 Å². The molecule has 3 aliphatic rings. The van der Waals surface area contributed by atoms with Gasteiger partial charge in [0.15, 0.2) is 0 Å². The van der Waals surface area contributed by atoms with Crippen molar-refractivity contribution in [2.45, 2.75) is 25.4 Å². The van der Waals surface area contributed by atoms with Crippen LogP contribution in [0.25, 0.3) is 0 Å². The molecule has 0 aromatic heterocycles. The molecule has 0 radical (unpaired) electrons. The van der Waals surface area contributed by atoms with Gasteiger partial charge in [0, 0.05) is 25.2 Å². The first kappa shape index (κ1) is 12.1. The zero-order chi connectivity index (χ0) is 12.5. The highest BCUT2D eigenvalue weighted by Crippen LogP contribution is 2.27. The summed E-state index contributed by atoms with van der Waals surface area (Å²) in [6, 6.07) is 4.19. The van der Waals surface area contributed by atoms with Gasteiger partial charge in [-0.15, -0.1) is 0 Å². The largest absolute Gasteiger partial charge is 0.308 e. The van der Waals surface area contributed by atoms with Crippen molar-refractivity contribution in [2.75, 3.05) is 19.6 Å². The number of rotatable bonds is 3. The average Bonchev–Trinajstić information content (AvgIpc) is 2.37. The van der Waals surface area contributed by atoms with Gasteiger partial charge in [-0.1, -0.05) is 0 Å². The second-order valence-corrected chi connectivity index (χ2v) is 5.40. The van der Waals surface area contributed by atoms with Crippen molar-refractivity contribution in [3.63, 3.8) is 0 Å². The van der Waals surface area contributed by atoms with Crippen LogP contribution in [0, 0.1) is 17.6 Å². The molecule has 3 heterocycles. The Morgan fingerprint density at radius 3 is 2.33 bits per heavy atom. The summed E-state index contributed by atoms with van der Waals surface area (Å²) in [5.74, 6) is -0.269. The summed E-state index contributed by atoms with van der Waals surface area (Å²) in [7, 11) is 0. The Balaban J connectivity index is 1.61. The fourth-order valence-electron chi connectivity index (χ4n) is 3.16. The van der Waals surface area contributed by atoms with Gasteiger partial charge < -0.3 is 10.2 Å². The Morgan fingerprint density at radius 2 is 1.78 bits per heavy atom. The van der Waals surface area contributed by atoms with Crippen LogP contribution in [0.2, 0.25) is 0 Å². The van der Waals surface area contributed by atoms with Gasteiger partial charge in [0.2, 0.25) is 0 Å². The third kappa shape index (κ3) is 2.54. The van der Waals surface area contributed by atoms with Crippen molar-refractivity contribution in [1.29, 1.82) is 0 Å². The number of hydrogen-bond acceptors (Lipinski definition) is 2. The molecule has 2 nitrogen and oxygen atoms in total. The number of hydrogen-bond donors (Lipinski definition) is 1. The number of benzene rings is 1. The third-order valence-electron chi connectivity index (χ3n) is 4.15. The predicted molar refractivity (Wildman–Crippen MR) is 66.1 cm³/mol. The van der Waals surface area contributed by atoms with Gasteiger partial charge in [-0.2, -0.15) is 0 Å². The zero-order valence-corrected chi connectivity index (χ0v) is 10.3. The molecule has 3 fully saturated rings. The van der Waals surface area contributed by atoms with Crippen LogP contribution in [-0.2, 0) is 6.54 Å². The Bertz CT molecular complexity index is 408. The topological polar surface area (TPSA) is 15.3 Å². The van der Waals surface area contributed by atoms with Crippen molar-refractivity contribution < 1.29 is 8.78 Å². The molecule has 2 bridgehead atoms. The van der Waals surface area contributed by atoms with Gasteiger partial charge in [-0.05, 0) is 49.5 Å². The standard InChI is InChI=1S/C14H18F2N2/c15-12-5-10(6-13(16)7-12)8-17-14-9-18-3-1-11(14)2-4-18/h5-7,11,14,17H,1-4,8-9H2. The normalized spacial score (nSPS) is 30.7. The fourth-order valence-corrected chi connectivity index (χ4v) is 3.16. The number of piperidine rings is 3. The maximum absolute atomic E-state index is 13.1. The van der Waals surface area contributed by atoms with Gasteiger partial charge in [0.05, 0.1) is 0 Å². The molecule has 1 atom stereocenters. The molecule has 4 heteroatoms. The molecule has 1 aromatic rings. The molecule has 1 N–H and O–H groups in total. The molecule has 98 valence electrons. The predicted octanol–water partition coefficient (Wildman–Crippen LogP) is 2.15. The number of fused-ring (bicyclic) bond motifs is 3. The molecule has 3 saturated heterocycles. The highest BCUT2D eigenvalue weighted by molar-refractivity contribution is 5.17. The van der Waals surface area contributed by atoms with Gasteiger partial charge in [0.1, 0.15) is 11.6 Å². The van der Waals surface area contributed by atoms with Crippen LogP contribution < -0.4 is 5.32 Å². The highest BCUT2D eigenvalue weighted by atomic mass is 19.1. The van der Waals surface area contributed by atoms with Crippen LogP contribution in [0.1, 0.15) is 18.4 Å². The number of nitrogens with zero attached hydrogens (tertiary/aromatic N) is 1. The van der Waals surface area contributed by atoms with Crippen molar-refractivity contribution in [3.05, 3.63) is 35.4 Å². The second kappa shape index (κ2) is 4.94. The van der Waals surface area contributed by atoms with E-state index in [0.717, 1.165) is 18.5 Å². The average molecular weight is 252 g/mol. The first-order valence-electron chi connectivity index (χ1n) is 6.61. The van der Waals surface area contributed by atoms with Gasteiger partial charge in [0.25, 0.3) is 0 Å². The monoisotopic (exact) mass is 252 g/mol. The molecule has 0 saturated carbocycles. The van der Waals surface area contributed by atoms with E-state index in [0.29, 0.717) is 18.2 Å². The van der Waals surface area contributed by atoms with Gasteiger partial charge >= 0.3 is 0 Å². The smallest absolute Gasteiger partial charge is 0.126 e. The molecular weight excluding hydrogens is 234 g/mol. The van der Waals surface area contributed by atoms with Gasteiger partial charge in [-0.25, -0.2) is 8.78 Å². The van der Waals surface area contributed by atoms with Gasteiger partial charge in [-0.3, -0.25) is 0 Å². The van der Waals surface area contributed by atoms with Crippen molar-refractivity contribution in [2.24, 2.45) is 5.92 Å². The number of halogens is 2. The molecule has 4 rings (SSSR count). The minimum absolute atomic E-state index is 0.471. The molecule has 0 aliphatic carbocycles. The Labute approximate surface area is 106 Å². The first-order chi connectivity index (χ1) is 8.70. The quantitative estimate of drug-likeness (QED) is 0.886. The van der Waals surface area contributed by atoms with E-state index in [1.807, 2.05) is 0 Å². The van der Waals surface area contributed by atoms with E-state index >= 15 is 0 Å². The summed E-state index contributed by atoms with van der Waals surface area (Å²) in [6.45, 7) is 4.03. The lowest BCUT2D eigenvalue weighted by molar-refractivity contribution is 0.0720. The van der Waals surface area contributed by atoms with Crippen molar-refractivity contribution in [3.8, 4) is 0 Å². The fraction of sp³-hybridized carbons (Fsp3) is 0.571. The van der Waals surface area contributed by atoms with Crippen LogP contribution in [0.15, 0.2) is 18.2 Å². The van der Waals surface area contributed by atoms with Crippen molar-refractivity contribution in [1.82, 2.24) is 10.2 Å². The van der Waals surface area contributed by atoms with Crippen molar-refractivity contribution >= 4 is 0 Å². The van der Waals surface area contributed by atoms with Crippen LogP contribution in [0.5, 0.6) is 0 Å². The summed E-state index contributed by atoms with van der Waals surface area (Å²) < 4.78 is 26.1. The zero-order valence-electron chi connectivity index (χ0n) is 10.3. The molecular formula is C14H18F2N2. The molecule has 0 amide bonds. The summed E-state index contributed by atoms with van der Waals surface area (Å²) in [5, 5.41) is 3.45. The Hall–Kier alpha value is -1.00. The van der Waals surface area contributed by atoms with Crippen LogP contribution in [-0.4, -0.2) is 30.6 Å². The lowest BCUT2D eigenvalue weighted by Gasteiger charge is -2.45. The molecule has 3 aliphatic heterocycles. The maximum Gasteiger partial charge on any atom is 0.126 e. The molecule has 0 spiro atoms. The lowest BCUT2D eigenvalue weighted by atomic mass is 9.84. The lowest BCUT2D eigenvalue weighted by Crippen LogP contribution is -2.55. The Morgan fingerprint density at radius 1 is 1.11 bits per heavy atom. The highest BCUT2D eigenvalue weighted by Gasteiger charge is 2.33. The maximum atomic E-state index is 13.1. The van der Waals surface area contributed by atoms with E-state index in [-0.39, 0.29) is 0 Å². The SMILES string of the molecule is Fc1cc(F)cc(CNC2CN3CCC2CC3)c1. The van der Waals surface area contributed by atoms with E-state index in [1.165, 1.54) is 38.1 Å². The second-order valence-electron chi connectivity index (χ2n) is 5.40. The third-order valence-corrected chi connectivity index (χ3v) is 4.15. The summed E-state index contributed by atoms with van der Waals surface area (Å²) in [5.41, 5.74) is 0.684. The van der Waals surface area contributed by atoms with E-state index < -0.39 is 11.6 Å². The number of nitrogens with one attached hydrogen (secondary N) is 1. The van der Waals surface area contributed by atoms with E-state index in [2.05, 4.69) is 10.2 Å². The van der Waals surface area contributed by atoms with E-state index in [4.69, 9.17) is 0 Å². The minimum Gasteiger partial charge on any atom is -0.308 e. The van der Waals surface area contributed by atoms with E-state index in [9.17, 15) is 8.78 Å². The minimum atomic E-state index is -0.499. The molecule has 1 aromatic carbocycles. The van der Waals surface area contributed by atoms with E-state index in [1.54, 1.807) is 0 Å². The molecule has 1 unspecified atom stereocenters. The Kier molecular flexibility index (Phi) is 3.31. The summed E-state index contributed by atoms with van der Waals surface area (Å²) >= 11 is 0. The summed E-state index contributed by atoms with van der Waals surface area (Å²) in [4.78, 5) is 2.46. The summed E-state index contributed by atoms with van der Waals surface area (Å²) in [6.07, 6.45) is 2.49.